The van der Waals surface area contributed by atoms with Crippen LogP contribution < -0.4 is 10.6 Å². The second-order valence-electron chi connectivity index (χ2n) is 3.61. The van der Waals surface area contributed by atoms with E-state index >= 15 is 0 Å². The molecule has 0 bridgehead atoms. The number of carbonyl (C=O) groups is 2. The third-order valence-corrected chi connectivity index (χ3v) is 2.46. The Balaban J connectivity index is 2.36. The van der Waals surface area contributed by atoms with Gasteiger partial charge >= 0.3 is 5.97 Å². The average Bonchev–Trinajstić information content (AvgIpc) is 2.29. The van der Waals surface area contributed by atoms with Crippen molar-refractivity contribution in [2.24, 2.45) is 0 Å². The Morgan fingerprint density at radius 1 is 1.38 bits per heavy atom. The largest absolute Gasteiger partial charge is 0.465 e. The number of nitrogens with one attached hydrogen (secondary N) is 2. The van der Waals surface area contributed by atoms with Crippen LogP contribution in [-0.2, 0) is 9.53 Å². The van der Waals surface area contributed by atoms with E-state index < -0.39 is 5.97 Å². The second kappa shape index (κ2) is 3.84. The third kappa shape index (κ3) is 1.71. The fraction of sp³-hybridized carbons (Fsp3) is 0.273. The number of anilines is 2. The summed E-state index contributed by atoms with van der Waals surface area (Å²) in [5, 5.41) is 5.75. The number of ether oxygens (including phenoxy) is 1. The number of benzene rings is 1. The molecule has 84 valence electrons. The summed E-state index contributed by atoms with van der Waals surface area (Å²) in [5.41, 5.74) is 1.82. The Morgan fingerprint density at radius 2 is 2.12 bits per heavy atom. The monoisotopic (exact) mass is 220 g/mol. The van der Waals surface area contributed by atoms with Crippen molar-refractivity contribution in [1.29, 1.82) is 0 Å². The minimum atomic E-state index is -0.421. The molecule has 2 rings (SSSR count). The molecule has 2 N–H and O–H groups in total. The van der Waals surface area contributed by atoms with Crippen LogP contribution in [0.5, 0.6) is 0 Å². The van der Waals surface area contributed by atoms with E-state index in [4.69, 9.17) is 0 Å². The average molecular weight is 220 g/mol. The van der Waals surface area contributed by atoms with Crippen molar-refractivity contribution >= 4 is 23.3 Å². The number of methoxy groups -OCH3 is 1. The van der Waals surface area contributed by atoms with E-state index in [1.54, 1.807) is 25.1 Å². The van der Waals surface area contributed by atoms with E-state index in [0.717, 1.165) is 5.69 Å². The van der Waals surface area contributed by atoms with E-state index in [0.29, 0.717) is 11.3 Å². The summed E-state index contributed by atoms with van der Waals surface area (Å²) in [6, 6.07) is 4.73. The quantitative estimate of drug-likeness (QED) is 0.698. The summed E-state index contributed by atoms with van der Waals surface area (Å²) in [4.78, 5) is 22.7. The summed E-state index contributed by atoms with van der Waals surface area (Å²) >= 11 is 0. The fourth-order valence-electron chi connectivity index (χ4n) is 1.56. The molecular weight excluding hydrogens is 208 g/mol. The molecule has 1 aliphatic heterocycles. The first-order valence-electron chi connectivity index (χ1n) is 4.91. The molecule has 1 unspecified atom stereocenters. The van der Waals surface area contributed by atoms with Crippen molar-refractivity contribution in [3.63, 3.8) is 0 Å². The lowest BCUT2D eigenvalue weighted by Gasteiger charge is -2.24. The van der Waals surface area contributed by atoms with Gasteiger partial charge in [-0.25, -0.2) is 4.79 Å². The molecule has 0 aliphatic carbocycles. The van der Waals surface area contributed by atoms with Crippen molar-refractivity contribution in [3.05, 3.63) is 23.8 Å². The molecule has 0 fully saturated rings. The van der Waals surface area contributed by atoms with Gasteiger partial charge in [0.1, 0.15) is 6.04 Å². The number of rotatable bonds is 1. The van der Waals surface area contributed by atoms with Gasteiger partial charge in [-0.2, -0.15) is 0 Å². The molecular formula is C11H12N2O3. The maximum Gasteiger partial charge on any atom is 0.337 e. The highest BCUT2D eigenvalue weighted by Gasteiger charge is 2.22. The fourth-order valence-corrected chi connectivity index (χ4v) is 1.56. The zero-order valence-corrected chi connectivity index (χ0v) is 9.03. The summed E-state index contributed by atoms with van der Waals surface area (Å²) in [6.07, 6.45) is 0. The number of carbonyl (C=O) groups excluding carboxylic acids is 2. The highest BCUT2D eigenvalue weighted by atomic mass is 16.5. The maximum atomic E-state index is 11.4. The number of fused-ring (bicyclic) bond motifs is 1. The van der Waals surface area contributed by atoms with Crippen molar-refractivity contribution in [2.45, 2.75) is 13.0 Å². The van der Waals surface area contributed by atoms with Crippen molar-refractivity contribution < 1.29 is 14.3 Å². The molecule has 0 saturated heterocycles. The van der Waals surface area contributed by atoms with Gasteiger partial charge in [-0.1, -0.05) is 0 Å². The molecule has 5 nitrogen and oxygen atoms in total. The first kappa shape index (κ1) is 10.5. The maximum absolute atomic E-state index is 11.4. The predicted molar refractivity (Wildman–Crippen MR) is 59.5 cm³/mol. The lowest BCUT2D eigenvalue weighted by molar-refractivity contribution is -0.116. The summed E-state index contributed by atoms with van der Waals surface area (Å²) in [7, 11) is 1.32. The summed E-state index contributed by atoms with van der Waals surface area (Å²) < 4.78 is 4.60. The number of esters is 1. The molecule has 0 radical (unpaired) electrons. The smallest absolute Gasteiger partial charge is 0.337 e. The lowest BCUT2D eigenvalue weighted by Crippen LogP contribution is -2.36. The molecule has 0 aromatic heterocycles. The van der Waals surface area contributed by atoms with Crippen molar-refractivity contribution in [2.75, 3.05) is 17.7 Å². The van der Waals surface area contributed by atoms with Crippen LogP contribution in [0.1, 0.15) is 17.3 Å². The van der Waals surface area contributed by atoms with Crippen LogP contribution in [0.4, 0.5) is 11.4 Å². The molecule has 1 aromatic carbocycles. The predicted octanol–water partition coefficient (Wildman–Crippen LogP) is 1.23. The van der Waals surface area contributed by atoms with Crippen LogP contribution in [0, 0.1) is 0 Å². The Hall–Kier alpha value is -2.04. The lowest BCUT2D eigenvalue weighted by atomic mass is 10.1. The van der Waals surface area contributed by atoms with Gasteiger partial charge in [-0.05, 0) is 25.1 Å². The molecule has 1 aliphatic rings. The van der Waals surface area contributed by atoms with Crippen LogP contribution in [-0.4, -0.2) is 25.0 Å². The molecule has 1 atom stereocenters. The van der Waals surface area contributed by atoms with Gasteiger partial charge in [0.2, 0.25) is 5.91 Å². The van der Waals surface area contributed by atoms with Gasteiger partial charge in [0, 0.05) is 0 Å². The standard InChI is InChI=1S/C11H12N2O3/c1-6-10(14)13-9-5-7(11(15)16-2)3-4-8(9)12-6/h3-6,12H,1-2H3,(H,13,14). The van der Waals surface area contributed by atoms with E-state index in [2.05, 4.69) is 15.4 Å². The van der Waals surface area contributed by atoms with Gasteiger partial charge in [-0.3, -0.25) is 4.79 Å². The van der Waals surface area contributed by atoms with E-state index in [-0.39, 0.29) is 11.9 Å². The zero-order chi connectivity index (χ0) is 11.7. The SMILES string of the molecule is COC(=O)c1ccc2c(c1)NC(=O)C(C)N2. The molecule has 0 saturated carbocycles. The number of hydrogen-bond donors (Lipinski definition) is 2. The summed E-state index contributed by atoms with van der Waals surface area (Å²) in [6.45, 7) is 1.77. The van der Waals surface area contributed by atoms with Crippen LogP contribution >= 0.6 is 0 Å². The highest BCUT2D eigenvalue weighted by Crippen LogP contribution is 2.27. The van der Waals surface area contributed by atoms with Gasteiger partial charge in [0.15, 0.2) is 0 Å². The van der Waals surface area contributed by atoms with E-state index in [1.807, 2.05) is 0 Å². The molecule has 0 spiro atoms. The molecule has 16 heavy (non-hydrogen) atoms. The van der Waals surface area contributed by atoms with Crippen LogP contribution in [0.25, 0.3) is 0 Å². The van der Waals surface area contributed by atoms with Crippen molar-refractivity contribution in [3.8, 4) is 0 Å². The van der Waals surface area contributed by atoms with Gasteiger partial charge in [0.25, 0.3) is 0 Å². The topological polar surface area (TPSA) is 67.4 Å². The van der Waals surface area contributed by atoms with Gasteiger partial charge < -0.3 is 15.4 Å². The first-order chi connectivity index (χ1) is 7.61. The van der Waals surface area contributed by atoms with Crippen molar-refractivity contribution in [1.82, 2.24) is 0 Å². The Kier molecular flexibility index (Phi) is 2.52. The zero-order valence-electron chi connectivity index (χ0n) is 9.03. The third-order valence-electron chi connectivity index (χ3n) is 2.46. The number of amides is 1. The summed E-state index contributed by atoms with van der Waals surface area (Å²) in [5.74, 6) is -0.537. The molecule has 1 amide bonds. The number of hydrogen-bond acceptors (Lipinski definition) is 4. The minimum Gasteiger partial charge on any atom is -0.465 e. The molecule has 5 heteroatoms. The Labute approximate surface area is 92.8 Å². The van der Waals surface area contributed by atoms with Crippen LogP contribution in [0.3, 0.4) is 0 Å². The molecule has 1 aromatic rings. The van der Waals surface area contributed by atoms with Gasteiger partial charge in [-0.15, -0.1) is 0 Å². The van der Waals surface area contributed by atoms with Crippen LogP contribution in [0.15, 0.2) is 18.2 Å². The van der Waals surface area contributed by atoms with E-state index in [9.17, 15) is 9.59 Å². The second-order valence-corrected chi connectivity index (χ2v) is 3.61. The first-order valence-corrected chi connectivity index (χ1v) is 4.91. The molecule has 1 heterocycles. The minimum absolute atomic E-state index is 0.116. The Morgan fingerprint density at radius 3 is 2.81 bits per heavy atom. The van der Waals surface area contributed by atoms with Crippen LogP contribution in [0.2, 0.25) is 0 Å². The normalized spacial score (nSPS) is 18.1. The van der Waals surface area contributed by atoms with E-state index in [1.165, 1.54) is 7.11 Å². The van der Waals surface area contributed by atoms with Gasteiger partial charge in [0.05, 0.1) is 24.0 Å². The highest BCUT2D eigenvalue weighted by molar-refractivity contribution is 6.04. The Bertz CT molecular complexity index is 457.